The zero-order valence-corrected chi connectivity index (χ0v) is 11.3. The van der Waals surface area contributed by atoms with Crippen molar-refractivity contribution < 1.29 is 19.8 Å². The van der Waals surface area contributed by atoms with E-state index in [1.807, 2.05) is 0 Å². The number of aromatic hydroxyl groups is 2. The summed E-state index contributed by atoms with van der Waals surface area (Å²) >= 11 is 11.7. The van der Waals surface area contributed by atoms with Gasteiger partial charge in [0.1, 0.15) is 5.02 Å². The fraction of sp³-hybridized carbons (Fsp3) is 0. The minimum atomic E-state index is -0.734. The molecule has 1 aliphatic rings. The van der Waals surface area contributed by atoms with E-state index in [2.05, 4.69) is 0 Å². The molecule has 2 aromatic carbocycles. The Morgan fingerprint density at radius 3 is 1.80 bits per heavy atom. The molecule has 1 aliphatic carbocycles. The van der Waals surface area contributed by atoms with Crippen LogP contribution in [0.15, 0.2) is 24.3 Å². The highest BCUT2D eigenvalue weighted by Crippen LogP contribution is 2.47. The Hall–Kier alpha value is -2.04. The Balaban J connectivity index is 2.46. The maximum absolute atomic E-state index is 12.4. The zero-order valence-electron chi connectivity index (χ0n) is 9.78. The Kier molecular flexibility index (Phi) is 2.74. The first-order valence-corrected chi connectivity index (χ1v) is 6.32. The molecule has 0 heterocycles. The molecule has 0 radical (unpaired) electrons. The van der Waals surface area contributed by atoms with Crippen molar-refractivity contribution in [2.24, 2.45) is 0 Å². The molecule has 0 amide bonds. The topological polar surface area (TPSA) is 74.6 Å². The lowest BCUT2D eigenvalue weighted by Gasteiger charge is -2.20. The second-order valence-corrected chi connectivity index (χ2v) is 5.03. The van der Waals surface area contributed by atoms with Gasteiger partial charge in [-0.2, -0.15) is 0 Å². The maximum atomic E-state index is 12.4. The van der Waals surface area contributed by atoms with Crippen molar-refractivity contribution in [3.63, 3.8) is 0 Å². The Morgan fingerprint density at radius 1 is 0.750 bits per heavy atom. The van der Waals surface area contributed by atoms with Gasteiger partial charge in [0.25, 0.3) is 0 Å². The second-order valence-electron chi connectivity index (χ2n) is 4.28. The highest BCUT2D eigenvalue weighted by molar-refractivity contribution is 6.47. The molecule has 0 spiro atoms. The van der Waals surface area contributed by atoms with Crippen molar-refractivity contribution >= 4 is 34.8 Å². The zero-order chi connectivity index (χ0) is 14.6. The largest absolute Gasteiger partial charge is 0.504 e. The van der Waals surface area contributed by atoms with Gasteiger partial charge in [-0.15, -0.1) is 0 Å². The third-order valence-electron chi connectivity index (χ3n) is 3.20. The standard InChI is InChI=1S/C14H6Cl2O4/c15-9-7-8(13(19)14(20)10(9)16)12(18)6-4-2-1-3-5(6)11(7)17/h1-4,19-20H. The monoisotopic (exact) mass is 308 g/mol. The average molecular weight is 309 g/mol. The number of hydrogen-bond acceptors (Lipinski definition) is 4. The number of rotatable bonds is 0. The van der Waals surface area contributed by atoms with E-state index >= 15 is 0 Å². The van der Waals surface area contributed by atoms with E-state index in [1.54, 1.807) is 12.1 Å². The van der Waals surface area contributed by atoms with Crippen LogP contribution >= 0.6 is 23.2 Å². The van der Waals surface area contributed by atoms with Crippen molar-refractivity contribution in [2.45, 2.75) is 0 Å². The summed E-state index contributed by atoms with van der Waals surface area (Å²) in [6.07, 6.45) is 0. The van der Waals surface area contributed by atoms with Crippen molar-refractivity contribution in [3.05, 3.63) is 56.6 Å². The molecule has 0 fully saturated rings. The van der Waals surface area contributed by atoms with Crippen LogP contribution in [-0.2, 0) is 0 Å². The third-order valence-corrected chi connectivity index (χ3v) is 4.04. The molecule has 6 heteroatoms. The summed E-state index contributed by atoms with van der Waals surface area (Å²) in [5.74, 6) is -2.54. The smallest absolute Gasteiger partial charge is 0.198 e. The van der Waals surface area contributed by atoms with Crippen LogP contribution < -0.4 is 0 Å². The molecule has 0 aliphatic heterocycles. The van der Waals surface area contributed by atoms with E-state index in [9.17, 15) is 19.8 Å². The summed E-state index contributed by atoms with van der Waals surface area (Å²) in [7, 11) is 0. The summed E-state index contributed by atoms with van der Waals surface area (Å²) in [6, 6.07) is 6.18. The van der Waals surface area contributed by atoms with Gasteiger partial charge in [0, 0.05) is 11.1 Å². The number of phenols is 2. The van der Waals surface area contributed by atoms with E-state index in [1.165, 1.54) is 12.1 Å². The molecule has 2 aromatic rings. The summed E-state index contributed by atoms with van der Waals surface area (Å²) < 4.78 is 0. The highest BCUT2D eigenvalue weighted by Gasteiger charge is 2.36. The predicted octanol–water partition coefficient (Wildman–Crippen LogP) is 3.18. The molecule has 0 bridgehead atoms. The molecule has 100 valence electrons. The highest BCUT2D eigenvalue weighted by atomic mass is 35.5. The Bertz CT molecular complexity index is 730. The molecule has 0 atom stereocenters. The fourth-order valence-electron chi connectivity index (χ4n) is 2.25. The summed E-state index contributed by atoms with van der Waals surface area (Å²) in [6.45, 7) is 0. The van der Waals surface area contributed by atoms with Gasteiger partial charge >= 0.3 is 0 Å². The lowest BCUT2D eigenvalue weighted by Crippen LogP contribution is -2.21. The van der Waals surface area contributed by atoms with Crippen molar-refractivity contribution in [2.75, 3.05) is 0 Å². The van der Waals surface area contributed by atoms with E-state index in [0.29, 0.717) is 0 Å². The number of halogens is 2. The van der Waals surface area contributed by atoms with Crippen LogP contribution in [0.4, 0.5) is 0 Å². The molecule has 0 saturated heterocycles. The molecule has 3 rings (SSSR count). The molecule has 4 nitrogen and oxygen atoms in total. The van der Waals surface area contributed by atoms with Gasteiger partial charge in [-0.3, -0.25) is 9.59 Å². The number of ketones is 2. The minimum Gasteiger partial charge on any atom is -0.504 e. The van der Waals surface area contributed by atoms with Crippen LogP contribution in [-0.4, -0.2) is 21.8 Å². The molecule has 0 aromatic heterocycles. The van der Waals surface area contributed by atoms with Gasteiger partial charge in [0.15, 0.2) is 23.1 Å². The molecule has 20 heavy (non-hydrogen) atoms. The van der Waals surface area contributed by atoms with E-state index in [4.69, 9.17) is 23.2 Å². The van der Waals surface area contributed by atoms with Crippen LogP contribution in [0.3, 0.4) is 0 Å². The van der Waals surface area contributed by atoms with Crippen LogP contribution in [0.1, 0.15) is 31.8 Å². The van der Waals surface area contributed by atoms with E-state index in [0.717, 1.165) is 0 Å². The van der Waals surface area contributed by atoms with Gasteiger partial charge < -0.3 is 10.2 Å². The number of carbonyl (C=O) groups is 2. The Labute approximate surface area is 123 Å². The molecule has 2 N–H and O–H groups in total. The van der Waals surface area contributed by atoms with E-state index in [-0.39, 0.29) is 32.3 Å². The van der Waals surface area contributed by atoms with Crippen molar-refractivity contribution in [3.8, 4) is 11.5 Å². The normalized spacial score (nSPS) is 13.1. The van der Waals surface area contributed by atoms with Gasteiger partial charge in [-0.05, 0) is 0 Å². The predicted molar refractivity (Wildman–Crippen MR) is 73.1 cm³/mol. The fourth-order valence-corrected chi connectivity index (χ4v) is 2.70. The van der Waals surface area contributed by atoms with E-state index < -0.39 is 23.1 Å². The lowest BCUT2D eigenvalue weighted by atomic mass is 9.83. The third kappa shape index (κ3) is 1.49. The molecule has 0 saturated carbocycles. The van der Waals surface area contributed by atoms with Gasteiger partial charge in [0.2, 0.25) is 0 Å². The summed E-state index contributed by atoms with van der Waals surface area (Å²) in [5.41, 5.74) is -0.164. The van der Waals surface area contributed by atoms with Crippen LogP contribution in [0.5, 0.6) is 11.5 Å². The van der Waals surface area contributed by atoms with Crippen LogP contribution in [0.25, 0.3) is 0 Å². The van der Waals surface area contributed by atoms with Gasteiger partial charge in [0.05, 0.1) is 16.1 Å². The van der Waals surface area contributed by atoms with Gasteiger partial charge in [-0.25, -0.2) is 0 Å². The maximum Gasteiger partial charge on any atom is 0.198 e. The number of hydrogen-bond donors (Lipinski definition) is 2. The number of phenolic OH excluding ortho intramolecular Hbond substituents is 2. The first kappa shape index (κ1) is 13.0. The quantitative estimate of drug-likeness (QED) is 0.625. The summed E-state index contributed by atoms with van der Waals surface area (Å²) in [4.78, 5) is 24.8. The number of carbonyl (C=O) groups excluding carboxylic acids is 2. The average Bonchev–Trinajstić information content (AvgIpc) is 2.46. The van der Waals surface area contributed by atoms with Gasteiger partial charge in [-0.1, -0.05) is 47.5 Å². The SMILES string of the molecule is O=C1c2ccccc2C(=O)c2c(Cl)c(Cl)c(O)c(O)c21. The Morgan fingerprint density at radius 2 is 1.25 bits per heavy atom. The number of fused-ring (bicyclic) bond motifs is 2. The number of benzene rings is 2. The first-order valence-electron chi connectivity index (χ1n) is 5.56. The molecule has 0 unspecified atom stereocenters. The lowest BCUT2D eigenvalue weighted by molar-refractivity contribution is 0.0976. The molecular formula is C14H6Cl2O4. The molecular weight excluding hydrogens is 303 g/mol. The van der Waals surface area contributed by atoms with Crippen molar-refractivity contribution in [1.29, 1.82) is 0 Å². The van der Waals surface area contributed by atoms with Crippen LogP contribution in [0, 0.1) is 0 Å². The first-order chi connectivity index (χ1) is 9.45. The van der Waals surface area contributed by atoms with Crippen molar-refractivity contribution in [1.82, 2.24) is 0 Å². The minimum absolute atomic E-state index is 0.151. The summed E-state index contributed by atoms with van der Waals surface area (Å²) in [5, 5.41) is 19.0. The second kappa shape index (κ2) is 4.23. The van der Waals surface area contributed by atoms with Crippen LogP contribution in [0.2, 0.25) is 10.0 Å².